The molecule has 0 atom stereocenters. The Morgan fingerprint density at radius 2 is 1.81 bits per heavy atom. The SMILES string of the molecule is Cc1cc(C)c(NC(=O)CNC(=O)CSc2nnc(-c3c[nH]c4ccccc34)o2)c(C)c1. The van der Waals surface area contributed by atoms with E-state index in [1.807, 2.05) is 63.4 Å². The standard InChI is InChI=1S/C23H23N5O3S/c1-13-8-14(2)21(15(3)9-13)26-19(29)11-25-20(30)12-32-23-28-27-22(31-23)17-10-24-18-7-5-4-6-16(17)18/h4-10,24H,11-12H2,1-3H3,(H,25,30)(H,26,29). The molecular weight excluding hydrogens is 426 g/mol. The Labute approximate surface area is 189 Å². The third-order valence-electron chi connectivity index (χ3n) is 4.94. The van der Waals surface area contributed by atoms with Crippen molar-refractivity contribution in [2.75, 3.05) is 17.6 Å². The molecular formula is C23H23N5O3S. The summed E-state index contributed by atoms with van der Waals surface area (Å²) in [5.41, 5.74) is 5.67. The minimum absolute atomic E-state index is 0.0609. The van der Waals surface area contributed by atoms with Crippen molar-refractivity contribution >= 4 is 40.2 Å². The van der Waals surface area contributed by atoms with Crippen LogP contribution in [0, 0.1) is 20.8 Å². The molecule has 0 aliphatic carbocycles. The Hall–Kier alpha value is -3.59. The van der Waals surface area contributed by atoms with Crippen LogP contribution in [-0.4, -0.2) is 39.3 Å². The van der Waals surface area contributed by atoms with E-state index in [9.17, 15) is 9.59 Å². The van der Waals surface area contributed by atoms with E-state index in [0.29, 0.717) is 5.89 Å². The molecule has 164 valence electrons. The largest absolute Gasteiger partial charge is 0.411 e. The van der Waals surface area contributed by atoms with Crippen molar-refractivity contribution in [1.82, 2.24) is 20.5 Å². The number of H-pyrrole nitrogens is 1. The van der Waals surface area contributed by atoms with Gasteiger partial charge in [-0.05, 0) is 38.0 Å². The lowest BCUT2D eigenvalue weighted by Gasteiger charge is -2.13. The van der Waals surface area contributed by atoms with Crippen molar-refractivity contribution in [3.63, 3.8) is 0 Å². The fourth-order valence-corrected chi connectivity index (χ4v) is 4.14. The van der Waals surface area contributed by atoms with Gasteiger partial charge in [-0.15, -0.1) is 10.2 Å². The van der Waals surface area contributed by atoms with E-state index in [4.69, 9.17) is 4.42 Å². The van der Waals surface area contributed by atoms with E-state index < -0.39 is 0 Å². The summed E-state index contributed by atoms with van der Waals surface area (Å²) in [6.07, 6.45) is 1.81. The Balaban J connectivity index is 1.28. The van der Waals surface area contributed by atoms with Crippen LogP contribution in [0.2, 0.25) is 0 Å². The summed E-state index contributed by atoms with van der Waals surface area (Å²) in [6, 6.07) is 11.8. The number of rotatable bonds is 7. The second-order valence-electron chi connectivity index (χ2n) is 7.51. The maximum Gasteiger partial charge on any atom is 0.277 e. The molecule has 3 N–H and O–H groups in total. The molecule has 2 aromatic carbocycles. The van der Waals surface area contributed by atoms with E-state index in [0.717, 1.165) is 50.6 Å². The molecule has 0 unspecified atom stereocenters. The lowest BCUT2D eigenvalue weighted by atomic mass is 10.1. The Morgan fingerprint density at radius 1 is 1.06 bits per heavy atom. The average Bonchev–Trinajstić information content (AvgIpc) is 3.40. The van der Waals surface area contributed by atoms with Gasteiger partial charge in [0.15, 0.2) is 0 Å². The van der Waals surface area contributed by atoms with Gasteiger partial charge in [-0.2, -0.15) is 0 Å². The zero-order valence-corrected chi connectivity index (χ0v) is 18.8. The average molecular weight is 450 g/mol. The fraction of sp³-hybridized carbons (Fsp3) is 0.217. The third kappa shape index (κ3) is 4.83. The van der Waals surface area contributed by atoms with Crippen molar-refractivity contribution in [3.8, 4) is 11.5 Å². The van der Waals surface area contributed by atoms with Gasteiger partial charge in [0.2, 0.25) is 11.8 Å². The fourth-order valence-electron chi connectivity index (χ4n) is 3.54. The number of aromatic amines is 1. The predicted molar refractivity (Wildman–Crippen MR) is 125 cm³/mol. The Bertz CT molecular complexity index is 1270. The highest BCUT2D eigenvalue weighted by molar-refractivity contribution is 7.99. The number of anilines is 1. The molecule has 0 radical (unpaired) electrons. The zero-order chi connectivity index (χ0) is 22.7. The number of hydrogen-bond acceptors (Lipinski definition) is 6. The minimum atomic E-state index is -0.297. The first kappa shape index (κ1) is 21.6. The minimum Gasteiger partial charge on any atom is -0.411 e. The molecule has 2 amide bonds. The second-order valence-corrected chi connectivity index (χ2v) is 8.43. The number of nitrogens with zero attached hydrogens (tertiary/aromatic N) is 2. The highest BCUT2D eigenvalue weighted by Gasteiger charge is 2.15. The van der Waals surface area contributed by atoms with E-state index in [1.54, 1.807) is 0 Å². The molecule has 0 bridgehead atoms. The lowest BCUT2D eigenvalue weighted by Crippen LogP contribution is -2.34. The summed E-state index contributed by atoms with van der Waals surface area (Å²) in [5.74, 6) is -0.133. The Kier molecular flexibility index (Phi) is 6.27. The molecule has 0 fully saturated rings. The summed E-state index contributed by atoms with van der Waals surface area (Å²) >= 11 is 1.12. The summed E-state index contributed by atoms with van der Waals surface area (Å²) < 4.78 is 5.69. The van der Waals surface area contributed by atoms with Crippen LogP contribution < -0.4 is 10.6 Å². The quantitative estimate of drug-likeness (QED) is 0.368. The lowest BCUT2D eigenvalue weighted by molar-refractivity contribution is -0.122. The highest BCUT2D eigenvalue weighted by Crippen LogP contribution is 2.29. The topological polar surface area (TPSA) is 113 Å². The van der Waals surface area contributed by atoms with Gasteiger partial charge in [-0.25, -0.2) is 0 Å². The van der Waals surface area contributed by atoms with Crippen molar-refractivity contribution in [2.24, 2.45) is 0 Å². The molecule has 0 aliphatic heterocycles. The molecule has 2 aromatic heterocycles. The van der Waals surface area contributed by atoms with Crippen LogP contribution in [0.25, 0.3) is 22.4 Å². The van der Waals surface area contributed by atoms with Crippen LogP contribution in [-0.2, 0) is 9.59 Å². The smallest absolute Gasteiger partial charge is 0.277 e. The summed E-state index contributed by atoms with van der Waals surface area (Å²) in [6.45, 7) is 5.78. The van der Waals surface area contributed by atoms with Gasteiger partial charge >= 0.3 is 0 Å². The number of fused-ring (bicyclic) bond motifs is 1. The molecule has 8 nitrogen and oxygen atoms in total. The Morgan fingerprint density at radius 3 is 2.59 bits per heavy atom. The maximum absolute atomic E-state index is 12.2. The van der Waals surface area contributed by atoms with Crippen LogP contribution in [0.3, 0.4) is 0 Å². The van der Waals surface area contributed by atoms with Gasteiger partial charge in [0.05, 0.1) is 17.9 Å². The first-order valence-electron chi connectivity index (χ1n) is 10.1. The number of hydrogen-bond donors (Lipinski definition) is 3. The number of para-hydroxylation sites is 1. The van der Waals surface area contributed by atoms with Crippen LogP contribution in [0.4, 0.5) is 5.69 Å². The molecule has 9 heteroatoms. The normalized spacial score (nSPS) is 11.0. The number of carbonyl (C=O) groups excluding carboxylic acids is 2. The molecule has 32 heavy (non-hydrogen) atoms. The second kappa shape index (κ2) is 9.27. The summed E-state index contributed by atoms with van der Waals surface area (Å²) in [5, 5.41) is 14.8. The summed E-state index contributed by atoms with van der Waals surface area (Å²) in [7, 11) is 0. The molecule has 0 saturated heterocycles. The van der Waals surface area contributed by atoms with E-state index in [1.165, 1.54) is 0 Å². The van der Waals surface area contributed by atoms with E-state index in [2.05, 4.69) is 25.8 Å². The van der Waals surface area contributed by atoms with E-state index >= 15 is 0 Å². The number of thioether (sulfide) groups is 1. The van der Waals surface area contributed by atoms with Gasteiger partial charge in [0, 0.05) is 22.8 Å². The van der Waals surface area contributed by atoms with Crippen LogP contribution in [0.1, 0.15) is 16.7 Å². The number of nitrogens with one attached hydrogen (secondary N) is 3. The van der Waals surface area contributed by atoms with Gasteiger partial charge < -0.3 is 20.0 Å². The van der Waals surface area contributed by atoms with Crippen LogP contribution >= 0.6 is 11.8 Å². The van der Waals surface area contributed by atoms with Crippen molar-refractivity contribution in [2.45, 2.75) is 26.0 Å². The van der Waals surface area contributed by atoms with Crippen LogP contribution in [0.15, 0.2) is 52.2 Å². The van der Waals surface area contributed by atoms with Crippen molar-refractivity contribution in [3.05, 3.63) is 59.3 Å². The van der Waals surface area contributed by atoms with Crippen molar-refractivity contribution < 1.29 is 14.0 Å². The first-order chi connectivity index (χ1) is 15.4. The zero-order valence-electron chi connectivity index (χ0n) is 18.0. The van der Waals surface area contributed by atoms with Gasteiger partial charge in [0.25, 0.3) is 11.1 Å². The van der Waals surface area contributed by atoms with Gasteiger partial charge in [-0.3, -0.25) is 9.59 Å². The third-order valence-corrected chi connectivity index (χ3v) is 5.76. The van der Waals surface area contributed by atoms with Crippen molar-refractivity contribution in [1.29, 1.82) is 0 Å². The molecule has 0 aliphatic rings. The number of amides is 2. The van der Waals surface area contributed by atoms with Gasteiger partial charge in [-0.1, -0.05) is 47.7 Å². The maximum atomic E-state index is 12.2. The number of aryl methyl sites for hydroxylation is 3. The monoisotopic (exact) mass is 449 g/mol. The predicted octanol–water partition coefficient (Wildman–Crippen LogP) is 3.99. The number of carbonyl (C=O) groups is 2. The van der Waals surface area contributed by atoms with E-state index in [-0.39, 0.29) is 29.3 Å². The molecule has 4 aromatic rings. The molecule has 2 heterocycles. The van der Waals surface area contributed by atoms with Gasteiger partial charge in [0.1, 0.15) is 0 Å². The number of benzene rings is 2. The molecule has 0 saturated carbocycles. The van der Waals surface area contributed by atoms with Crippen LogP contribution in [0.5, 0.6) is 0 Å². The summed E-state index contributed by atoms with van der Waals surface area (Å²) in [4.78, 5) is 27.6. The molecule has 4 rings (SSSR count). The highest BCUT2D eigenvalue weighted by atomic mass is 32.2. The molecule has 0 spiro atoms. The number of aromatic nitrogens is 3. The first-order valence-corrected chi connectivity index (χ1v) is 11.1.